The monoisotopic (exact) mass is 370 g/mol. The van der Waals surface area contributed by atoms with Crippen LogP contribution < -0.4 is 5.32 Å². The summed E-state index contributed by atoms with van der Waals surface area (Å²) in [6.07, 6.45) is -5.75. The zero-order valence-corrected chi connectivity index (χ0v) is 13.4. The van der Waals surface area contributed by atoms with Gasteiger partial charge >= 0.3 is 12.1 Å². The number of quaternary nitrogens is 1. The number of hydrogen-bond donors (Lipinski definition) is 1. The summed E-state index contributed by atoms with van der Waals surface area (Å²) in [6, 6.07) is 0. The van der Waals surface area contributed by atoms with Crippen molar-refractivity contribution in [2.45, 2.75) is 24.9 Å². The van der Waals surface area contributed by atoms with Gasteiger partial charge in [-0.15, -0.1) is 0 Å². The topological polar surface area (TPSA) is 86.3 Å². The van der Waals surface area contributed by atoms with Gasteiger partial charge in [-0.3, -0.25) is 4.79 Å². The molecule has 0 fully saturated rings. The zero-order chi connectivity index (χ0) is 18.5. The molecule has 0 unspecified atom stereocenters. The van der Waals surface area contributed by atoms with Crippen LogP contribution in [0, 0.1) is 0 Å². The molecule has 0 saturated heterocycles. The average Bonchev–Trinajstić information content (AvgIpc) is 2.30. The molecule has 6 nitrogen and oxygen atoms in total. The molecule has 1 amide bonds. The van der Waals surface area contributed by atoms with E-state index in [0.29, 0.717) is 6.54 Å². The van der Waals surface area contributed by atoms with E-state index >= 15 is 0 Å². The second kappa shape index (κ2) is 7.71. The van der Waals surface area contributed by atoms with Gasteiger partial charge in [-0.05, 0) is 0 Å². The van der Waals surface area contributed by atoms with Crippen LogP contribution in [0.1, 0.15) is 12.8 Å². The van der Waals surface area contributed by atoms with E-state index in [4.69, 9.17) is 0 Å². The first-order valence-corrected chi connectivity index (χ1v) is 8.15. The highest BCUT2D eigenvalue weighted by Crippen LogP contribution is 2.35. The minimum absolute atomic E-state index is 0.0946. The maximum Gasteiger partial charge on any atom is 0.463 e. The summed E-state index contributed by atoms with van der Waals surface area (Å²) in [5, 5.41) is 1.52. The number of rotatable bonds is 9. The van der Waals surface area contributed by atoms with Gasteiger partial charge in [-0.2, -0.15) is 22.0 Å². The normalized spacial score (nSPS) is 13.9. The first kappa shape index (κ1) is 22.0. The van der Waals surface area contributed by atoms with Crippen LogP contribution in [0.3, 0.4) is 0 Å². The Labute approximate surface area is 131 Å². The Morgan fingerprint density at radius 1 is 1.09 bits per heavy atom. The van der Waals surface area contributed by atoms with Crippen LogP contribution >= 0.6 is 0 Å². The lowest BCUT2D eigenvalue weighted by Crippen LogP contribution is -2.51. The molecular formula is C11H19F5N2O4S. The highest BCUT2D eigenvalue weighted by molar-refractivity contribution is 7.85. The summed E-state index contributed by atoms with van der Waals surface area (Å²) >= 11 is 0. The van der Waals surface area contributed by atoms with Crippen LogP contribution in [0.25, 0.3) is 0 Å². The number of amides is 1. The van der Waals surface area contributed by atoms with E-state index < -0.39 is 33.9 Å². The van der Waals surface area contributed by atoms with Crippen molar-refractivity contribution in [1.82, 2.24) is 5.32 Å². The highest BCUT2D eigenvalue weighted by Gasteiger charge is 2.63. The highest BCUT2D eigenvalue weighted by atomic mass is 32.2. The summed E-state index contributed by atoms with van der Waals surface area (Å²) in [6.45, 7) is 0.205. The fourth-order valence-corrected chi connectivity index (χ4v) is 2.21. The molecule has 0 spiro atoms. The summed E-state index contributed by atoms with van der Waals surface area (Å²) in [5.74, 6) is -8.39. The van der Waals surface area contributed by atoms with Crippen molar-refractivity contribution >= 4 is 16.0 Å². The van der Waals surface area contributed by atoms with Gasteiger partial charge in [0.25, 0.3) is 5.91 Å². The van der Waals surface area contributed by atoms with Crippen LogP contribution in [0.2, 0.25) is 0 Å². The molecule has 0 aliphatic carbocycles. The lowest BCUT2D eigenvalue weighted by Gasteiger charge is -2.30. The Hall–Kier alpha value is -1.01. The molecule has 0 aliphatic rings. The van der Waals surface area contributed by atoms with Crippen LogP contribution in [0.5, 0.6) is 0 Å². The standard InChI is InChI=1S/C11H19F5N2O4S/c1-18(2,7-4-8-23(20,21)22)6-3-5-17-9(19)10(12,13)11(14,15)16/h3-8H2,1-2H3,(H-,17,19,20,21,22). The molecule has 1 N–H and O–H groups in total. The summed E-state index contributed by atoms with van der Waals surface area (Å²) in [7, 11) is -0.980. The number of halogens is 5. The second-order valence-electron chi connectivity index (χ2n) is 5.68. The SMILES string of the molecule is C[N+](C)(CCCNC(=O)C(F)(F)C(F)(F)F)CCCS(=O)(=O)[O-]. The fourth-order valence-electron chi connectivity index (χ4n) is 1.73. The molecule has 0 heterocycles. The third-order valence-corrected chi connectivity index (χ3v) is 3.81. The average molecular weight is 370 g/mol. The first-order chi connectivity index (χ1) is 10.1. The minimum atomic E-state index is -5.95. The second-order valence-corrected chi connectivity index (χ2v) is 7.20. The molecule has 0 bridgehead atoms. The molecular weight excluding hydrogens is 351 g/mol. The molecule has 138 valence electrons. The van der Waals surface area contributed by atoms with E-state index in [2.05, 4.69) is 0 Å². The molecule has 12 heteroatoms. The predicted octanol–water partition coefficient (Wildman–Crippen LogP) is 0.702. The van der Waals surface area contributed by atoms with Crippen molar-refractivity contribution in [1.29, 1.82) is 0 Å². The largest absolute Gasteiger partial charge is 0.748 e. The Morgan fingerprint density at radius 2 is 1.57 bits per heavy atom. The smallest absolute Gasteiger partial charge is 0.463 e. The molecule has 0 radical (unpaired) electrons. The van der Waals surface area contributed by atoms with Gasteiger partial charge in [0.2, 0.25) is 0 Å². The van der Waals surface area contributed by atoms with E-state index in [1.54, 1.807) is 14.1 Å². The van der Waals surface area contributed by atoms with Crippen molar-refractivity contribution in [2.24, 2.45) is 0 Å². The maximum atomic E-state index is 12.6. The van der Waals surface area contributed by atoms with Gasteiger partial charge in [0.05, 0.1) is 37.3 Å². The van der Waals surface area contributed by atoms with Gasteiger partial charge in [0.1, 0.15) is 0 Å². The molecule has 0 atom stereocenters. The third-order valence-electron chi connectivity index (χ3n) is 3.02. The quantitative estimate of drug-likeness (QED) is 0.280. The lowest BCUT2D eigenvalue weighted by atomic mass is 10.2. The van der Waals surface area contributed by atoms with Crippen molar-refractivity contribution in [3.05, 3.63) is 0 Å². The number of nitrogens with one attached hydrogen (secondary N) is 1. The maximum absolute atomic E-state index is 12.6. The van der Waals surface area contributed by atoms with Gasteiger partial charge in [0, 0.05) is 25.1 Å². The predicted molar refractivity (Wildman–Crippen MR) is 69.7 cm³/mol. The summed E-state index contributed by atoms with van der Waals surface area (Å²) in [4.78, 5) is 10.8. The summed E-state index contributed by atoms with van der Waals surface area (Å²) in [5.41, 5.74) is 0. The van der Waals surface area contributed by atoms with Crippen LogP contribution in [-0.4, -0.2) is 74.9 Å². The van der Waals surface area contributed by atoms with E-state index in [-0.39, 0.29) is 30.4 Å². The summed E-state index contributed by atoms with van der Waals surface area (Å²) < 4.78 is 92.6. The number of hydrogen-bond acceptors (Lipinski definition) is 4. The van der Waals surface area contributed by atoms with E-state index in [1.807, 2.05) is 0 Å². The minimum Gasteiger partial charge on any atom is -0.748 e. The van der Waals surface area contributed by atoms with Gasteiger partial charge < -0.3 is 14.4 Å². The molecule has 0 aromatic rings. The van der Waals surface area contributed by atoms with Gasteiger partial charge in [0.15, 0.2) is 0 Å². The van der Waals surface area contributed by atoms with Crippen LogP contribution in [-0.2, 0) is 14.9 Å². The van der Waals surface area contributed by atoms with Crippen molar-refractivity contribution in [3.63, 3.8) is 0 Å². The molecule has 0 aliphatic heterocycles. The molecule has 0 aromatic heterocycles. The van der Waals surface area contributed by atoms with E-state index in [1.165, 1.54) is 5.32 Å². The van der Waals surface area contributed by atoms with Crippen LogP contribution in [0.4, 0.5) is 22.0 Å². The fraction of sp³-hybridized carbons (Fsp3) is 0.909. The Balaban J connectivity index is 4.18. The molecule has 0 rings (SSSR count). The Bertz CT molecular complexity index is 505. The first-order valence-electron chi connectivity index (χ1n) is 6.57. The van der Waals surface area contributed by atoms with Gasteiger partial charge in [-0.25, -0.2) is 8.42 Å². The van der Waals surface area contributed by atoms with Crippen LogP contribution in [0.15, 0.2) is 0 Å². The number of nitrogens with zero attached hydrogens (tertiary/aromatic N) is 1. The molecule has 0 aromatic carbocycles. The Kier molecular flexibility index (Phi) is 7.37. The van der Waals surface area contributed by atoms with Crippen molar-refractivity contribution < 1.29 is 44.2 Å². The number of alkyl halides is 5. The van der Waals surface area contributed by atoms with Crippen molar-refractivity contribution in [3.8, 4) is 0 Å². The van der Waals surface area contributed by atoms with Crippen molar-refractivity contribution in [2.75, 3.05) is 39.5 Å². The zero-order valence-electron chi connectivity index (χ0n) is 12.6. The number of carbonyl (C=O) groups is 1. The lowest BCUT2D eigenvalue weighted by molar-refractivity contribution is -0.890. The Morgan fingerprint density at radius 3 is 2.00 bits per heavy atom. The van der Waals surface area contributed by atoms with E-state index in [9.17, 15) is 39.7 Å². The molecule has 0 saturated carbocycles. The third kappa shape index (κ3) is 8.42. The molecule has 23 heavy (non-hydrogen) atoms. The van der Waals surface area contributed by atoms with Gasteiger partial charge in [-0.1, -0.05) is 0 Å². The van der Waals surface area contributed by atoms with E-state index in [0.717, 1.165) is 0 Å². The number of carbonyl (C=O) groups excluding carboxylic acids is 1.